The number of hydrogen-bond donors (Lipinski definition) is 1. The van der Waals surface area contributed by atoms with Crippen LogP contribution in [0.5, 0.6) is 0 Å². The Hall–Kier alpha value is -1.30. The van der Waals surface area contributed by atoms with Gasteiger partial charge in [-0.25, -0.2) is 4.39 Å². The third-order valence-electron chi connectivity index (χ3n) is 2.97. The zero-order chi connectivity index (χ0) is 15.8. The van der Waals surface area contributed by atoms with Crippen molar-refractivity contribution >= 4 is 23.2 Å². The van der Waals surface area contributed by atoms with Crippen molar-refractivity contribution in [1.29, 1.82) is 0 Å². The molecule has 0 aromatic heterocycles. The second kappa shape index (κ2) is 5.83. The predicted molar refractivity (Wildman–Crippen MR) is 73.9 cm³/mol. The van der Waals surface area contributed by atoms with Crippen LogP contribution >= 0.6 is 23.2 Å². The molecule has 0 fully saturated rings. The summed E-state index contributed by atoms with van der Waals surface area (Å²) in [4.78, 5) is 0. The van der Waals surface area contributed by atoms with Gasteiger partial charge in [0, 0.05) is 0 Å². The number of benzene rings is 2. The van der Waals surface area contributed by atoms with Crippen LogP contribution in [0, 0.1) is 5.82 Å². The van der Waals surface area contributed by atoms with Gasteiger partial charge in [0.05, 0.1) is 21.7 Å². The first-order valence-corrected chi connectivity index (χ1v) is 6.53. The summed E-state index contributed by atoms with van der Waals surface area (Å²) in [5, 5.41) is 0.396. The van der Waals surface area contributed by atoms with Crippen molar-refractivity contribution in [3.63, 3.8) is 0 Å². The van der Waals surface area contributed by atoms with Crippen LogP contribution < -0.4 is 5.73 Å². The van der Waals surface area contributed by atoms with Crippen LogP contribution in [0.2, 0.25) is 10.0 Å². The van der Waals surface area contributed by atoms with Gasteiger partial charge in [0.1, 0.15) is 5.82 Å². The maximum atomic E-state index is 13.3. The molecule has 0 saturated carbocycles. The van der Waals surface area contributed by atoms with E-state index in [-0.39, 0.29) is 15.6 Å². The highest BCUT2D eigenvalue weighted by atomic mass is 35.5. The second-order valence-electron chi connectivity index (χ2n) is 4.36. The van der Waals surface area contributed by atoms with E-state index < -0.39 is 23.6 Å². The lowest BCUT2D eigenvalue weighted by molar-refractivity contribution is -0.140. The Morgan fingerprint density at radius 2 is 1.71 bits per heavy atom. The Morgan fingerprint density at radius 3 is 2.33 bits per heavy atom. The first-order valence-electron chi connectivity index (χ1n) is 5.78. The van der Waals surface area contributed by atoms with Crippen molar-refractivity contribution in [2.45, 2.75) is 12.2 Å². The Kier molecular flexibility index (Phi) is 4.46. The number of rotatable bonds is 2. The summed E-state index contributed by atoms with van der Waals surface area (Å²) in [7, 11) is 0. The monoisotopic (exact) mass is 337 g/mol. The fourth-order valence-corrected chi connectivity index (χ4v) is 2.32. The van der Waals surface area contributed by atoms with E-state index in [1.165, 1.54) is 12.1 Å². The number of alkyl halides is 3. The van der Waals surface area contributed by atoms with Crippen molar-refractivity contribution in [3.05, 3.63) is 69.0 Å². The van der Waals surface area contributed by atoms with Gasteiger partial charge in [-0.05, 0) is 29.3 Å². The van der Waals surface area contributed by atoms with Crippen LogP contribution in [0.25, 0.3) is 0 Å². The topological polar surface area (TPSA) is 26.0 Å². The number of nitrogens with two attached hydrogens (primary N) is 1. The lowest BCUT2D eigenvalue weighted by Gasteiger charge is -2.17. The molecule has 112 valence electrons. The fourth-order valence-electron chi connectivity index (χ4n) is 1.89. The average Bonchev–Trinajstić information content (AvgIpc) is 2.40. The van der Waals surface area contributed by atoms with Gasteiger partial charge in [-0.15, -0.1) is 0 Å². The Balaban J connectivity index is 2.49. The Labute approximate surface area is 128 Å². The molecule has 1 atom stereocenters. The molecule has 0 spiro atoms. The van der Waals surface area contributed by atoms with E-state index >= 15 is 0 Å². The van der Waals surface area contributed by atoms with Gasteiger partial charge < -0.3 is 5.73 Å². The summed E-state index contributed by atoms with van der Waals surface area (Å²) < 4.78 is 51.4. The highest BCUT2D eigenvalue weighted by Gasteiger charge is 2.34. The Morgan fingerprint density at radius 1 is 1.05 bits per heavy atom. The average molecular weight is 338 g/mol. The normalized spacial score (nSPS) is 13.3. The van der Waals surface area contributed by atoms with E-state index in [9.17, 15) is 17.6 Å². The third kappa shape index (κ3) is 3.31. The van der Waals surface area contributed by atoms with Gasteiger partial charge in [-0.2, -0.15) is 13.2 Å². The smallest absolute Gasteiger partial charge is 0.320 e. The van der Waals surface area contributed by atoms with Gasteiger partial charge in [-0.1, -0.05) is 41.4 Å². The third-order valence-corrected chi connectivity index (χ3v) is 3.80. The summed E-state index contributed by atoms with van der Waals surface area (Å²) >= 11 is 11.8. The molecule has 2 N–H and O–H groups in total. The molecule has 1 nitrogen and oxygen atoms in total. The molecule has 0 aliphatic heterocycles. The molecule has 21 heavy (non-hydrogen) atoms. The zero-order valence-corrected chi connectivity index (χ0v) is 11.9. The van der Waals surface area contributed by atoms with Crippen LogP contribution in [0.1, 0.15) is 22.7 Å². The van der Waals surface area contributed by atoms with Gasteiger partial charge in [0.15, 0.2) is 0 Å². The van der Waals surface area contributed by atoms with Gasteiger partial charge in [-0.3, -0.25) is 0 Å². The number of halogens is 6. The van der Waals surface area contributed by atoms with E-state index in [1.54, 1.807) is 12.1 Å². The quantitative estimate of drug-likeness (QED) is 0.749. The van der Waals surface area contributed by atoms with Crippen LogP contribution in [0.3, 0.4) is 0 Å². The molecule has 7 heteroatoms. The van der Waals surface area contributed by atoms with E-state index in [2.05, 4.69) is 0 Å². The first kappa shape index (κ1) is 16.1. The van der Waals surface area contributed by atoms with Crippen molar-refractivity contribution in [2.24, 2.45) is 5.73 Å². The minimum absolute atomic E-state index is 0.0906. The molecule has 0 radical (unpaired) electrons. The maximum absolute atomic E-state index is 13.3. The molecule has 0 bridgehead atoms. The minimum atomic E-state index is -4.79. The summed E-state index contributed by atoms with van der Waals surface area (Å²) in [6, 6.07) is 6.32. The SMILES string of the molecule is NC(c1ccc(F)c(C(F)(F)F)c1)c1cccc(Cl)c1Cl. The van der Waals surface area contributed by atoms with Crippen LogP contribution in [-0.2, 0) is 6.18 Å². The van der Waals surface area contributed by atoms with E-state index in [0.717, 1.165) is 6.07 Å². The summed E-state index contributed by atoms with van der Waals surface area (Å²) in [5.41, 5.74) is 5.00. The van der Waals surface area contributed by atoms with E-state index in [1.807, 2.05) is 0 Å². The molecular formula is C14H9Cl2F4N. The maximum Gasteiger partial charge on any atom is 0.419 e. The molecule has 2 rings (SSSR count). The second-order valence-corrected chi connectivity index (χ2v) is 5.14. The highest BCUT2D eigenvalue weighted by molar-refractivity contribution is 6.42. The highest BCUT2D eigenvalue weighted by Crippen LogP contribution is 2.36. The molecule has 2 aromatic rings. The molecule has 0 heterocycles. The van der Waals surface area contributed by atoms with E-state index in [4.69, 9.17) is 28.9 Å². The summed E-state index contributed by atoms with van der Waals surface area (Å²) in [5.74, 6) is -1.35. The van der Waals surface area contributed by atoms with Gasteiger partial charge >= 0.3 is 6.18 Å². The molecule has 0 saturated heterocycles. The molecule has 0 aliphatic rings. The molecule has 0 aliphatic carbocycles. The molecule has 0 amide bonds. The van der Waals surface area contributed by atoms with Crippen LogP contribution in [0.15, 0.2) is 36.4 Å². The first-order chi connectivity index (χ1) is 9.71. The van der Waals surface area contributed by atoms with Crippen LogP contribution in [0.4, 0.5) is 17.6 Å². The number of hydrogen-bond acceptors (Lipinski definition) is 1. The van der Waals surface area contributed by atoms with Crippen molar-refractivity contribution < 1.29 is 17.6 Å². The van der Waals surface area contributed by atoms with Crippen molar-refractivity contribution in [1.82, 2.24) is 0 Å². The zero-order valence-electron chi connectivity index (χ0n) is 10.4. The largest absolute Gasteiger partial charge is 0.419 e. The van der Waals surface area contributed by atoms with Gasteiger partial charge in [0.2, 0.25) is 0 Å². The predicted octanol–water partition coefficient (Wildman–Crippen LogP) is 5.20. The van der Waals surface area contributed by atoms with Crippen LogP contribution in [-0.4, -0.2) is 0 Å². The standard InChI is InChI=1S/C14H9Cl2F4N/c15-10-3-1-2-8(12(10)16)13(21)7-4-5-11(17)9(6-7)14(18,19)20/h1-6,13H,21H2. The lowest BCUT2D eigenvalue weighted by atomic mass is 9.97. The van der Waals surface area contributed by atoms with E-state index in [0.29, 0.717) is 11.6 Å². The summed E-state index contributed by atoms with van der Waals surface area (Å²) in [6.45, 7) is 0. The minimum Gasteiger partial charge on any atom is -0.320 e. The van der Waals surface area contributed by atoms with Gasteiger partial charge in [0.25, 0.3) is 0 Å². The molecular weight excluding hydrogens is 329 g/mol. The Bertz CT molecular complexity index is 671. The molecule has 1 unspecified atom stereocenters. The van der Waals surface area contributed by atoms with Crippen molar-refractivity contribution in [2.75, 3.05) is 0 Å². The molecule has 2 aromatic carbocycles. The summed E-state index contributed by atoms with van der Waals surface area (Å²) in [6.07, 6.45) is -4.79. The fraction of sp³-hybridized carbons (Fsp3) is 0.143. The lowest BCUT2D eigenvalue weighted by Crippen LogP contribution is -2.15. The van der Waals surface area contributed by atoms with Crippen molar-refractivity contribution in [3.8, 4) is 0 Å².